The van der Waals surface area contributed by atoms with Crippen LogP contribution in [-0.4, -0.2) is 28.9 Å². The van der Waals surface area contributed by atoms with Crippen molar-refractivity contribution < 1.29 is 30.0 Å². The molecule has 0 bridgehead atoms. The van der Waals surface area contributed by atoms with Crippen molar-refractivity contribution in [3.63, 3.8) is 0 Å². The molecule has 0 atom stereocenters. The third-order valence-electron chi connectivity index (χ3n) is 8.54. The number of aliphatic hydroxyl groups is 1. The Morgan fingerprint density at radius 1 is 0.907 bits per heavy atom. The minimum absolute atomic E-state index is 0. The second-order valence-corrected chi connectivity index (χ2v) is 18.9. The number of allylic oxidation sites excluding steroid dienone is 2. The number of hydrogen-bond donors (Lipinski definition) is 1. The second kappa shape index (κ2) is 14.0. The van der Waals surface area contributed by atoms with E-state index in [9.17, 15) is 9.90 Å². The molecule has 0 saturated carbocycles. The van der Waals surface area contributed by atoms with Crippen LogP contribution in [0.2, 0.25) is 19.6 Å². The average molecular weight is 774 g/mol. The van der Waals surface area contributed by atoms with Gasteiger partial charge in [-0.25, -0.2) is 0 Å². The number of aromatic nitrogens is 2. The molecule has 2 aromatic carbocycles. The molecular formula is C37H49IrN2O2Si-. The van der Waals surface area contributed by atoms with Gasteiger partial charge in [0, 0.05) is 54.8 Å². The Morgan fingerprint density at radius 2 is 1.53 bits per heavy atom. The van der Waals surface area contributed by atoms with Crippen LogP contribution in [0.4, 0.5) is 0 Å². The van der Waals surface area contributed by atoms with Gasteiger partial charge in [0.15, 0.2) is 5.78 Å². The Bertz CT molecular complexity index is 1630. The van der Waals surface area contributed by atoms with Crippen molar-refractivity contribution in [1.82, 2.24) is 9.97 Å². The molecule has 0 spiro atoms. The van der Waals surface area contributed by atoms with Crippen LogP contribution < -0.4 is 5.19 Å². The maximum atomic E-state index is 11.8. The van der Waals surface area contributed by atoms with Crippen molar-refractivity contribution in [3.05, 3.63) is 77.3 Å². The van der Waals surface area contributed by atoms with E-state index in [1.54, 1.807) is 0 Å². The van der Waals surface area contributed by atoms with Crippen molar-refractivity contribution in [1.29, 1.82) is 0 Å². The monoisotopic (exact) mass is 774 g/mol. The van der Waals surface area contributed by atoms with E-state index >= 15 is 0 Å². The van der Waals surface area contributed by atoms with E-state index in [0.717, 1.165) is 40.6 Å². The molecule has 233 valence electrons. The van der Waals surface area contributed by atoms with E-state index in [0.29, 0.717) is 0 Å². The molecule has 0 fully saturated rings. The standard InChI is InChI=1S/C24H25N2Si.C13H24O2.Ir/c1-15-11-16(2)13-18(12-15)22-21-14-26-23-20(19(21)9-10-25-22)8-7-17(3)24(23)27(4,5)6;1-7-12(3,4)10(14)9-11(15)13(5,6)8-2;/h7-12,14H,1-6H3;9,14H,7-8H2,1-6H3;/q-1;;/b;10-9-;. The van der Waals surface area contributed by atoms with Crippen molar-refractivity contribution >= 4 is 40.7 Å². The Morgan fingerprint density at radius 3 is 2.09 bits per heavy atom. The molecule has 0 aliphatic carbocycles. The molecule has 2 heterocycles. The Kier molecular flexibility index (Phi) is 11.9. The molecule has 1 N–H and O–H groups in total. The summed E-state index contributed by atoms with van der Waals surface area (Å²) in [5.74, 6) is 0.195. The number of carbonyl (C=O) groups is 1. The predicted octanol–water partition coefficient (Wildman–Crippen LogP) is 9.59. The van der Waals surface area contributed by atoms with Crippen LogP contribution in [0.5, 0.6) is 0 Å². The van der Waals surface area contributed by atoms with Gasteiger partial charge >= 0.3 is 0 Å². The predicted molar refractivity (Wildman–Crippen MR) is 182 cm³/mol. The van der Waals surface area contributed by atoms with Gasteiger partial charge in [-0.3, -0.25) is 9.78 Å². The first-order valence-electron chi connectivity index (χ1n) is 15.1. The van der Waals surface area contributed by atoms with Gasteiger partial charge in [0.25, 0.3) is 0 Å². The zero-order chi connectivity index (χ0) is 31.6. The third kappa shape index (κ3) is 8.29. The maximum Gasteiger partial charge on any atom is 0.164 e. The van der Waals surface area contributed by atoms with Gasteiger partial charge in [-0.2, -0.15) is 0 Å². The minimum atomic E-state index is -1.51. The summed E-state index contributed by atoms with van der Waals surface area (Å²) in [5, 5.41) is 14.8. The van der Waals surface area contributed by atoms with Gasteiger partial charge < -0.3 is 10.1 Å². The zero-order valence-corrected chi connectivity index (χ0v) is 31.5. The molecule has 0 aliphatic rings. The number of pyridine rings is 2. The molecule has 0 unspecified atom stereocenters. The molecule has 4 aromatic rings. The number of aryl methyl sites for hydroxylation is 3. The van der Waals surface area contributed by atoms with Gasteiger partial charge in [-0.05, 0) is 53.0 Å². The van der Waals surface area contributed by atoms with Crippen LogP contribution in [0, 0.1) is 37.7 Å². The fourth-order valence-corrected chi connectivity index (χ4v) is 7.24. The molecule has 4 nitrogen and oxygen atoms in total. The summed E-state index contributed by atoms with van der Waals surface area (Å²) in [5.41, 5.74) is 6.19. The summed E-state index contributed by atoms with van der Waals surface area (Å²) in [6.07, 6.45) is 6.91. The molecule has 1 radical (unpaired) electrons. The Labute approximate surface area is 273 Å². The van der Waals surface area contributed by atoms with Gasteiger partial charge in [0.2, 0.25) is 0 Å². The molecule has 0 saturated heterocycles. The summed E-state index contributed by atoms with van der Waals surface area (Å²) >= 11 is 0. The van der Waals surface area contributed by atoms with Crippen LogP contribution in [0.1, 0.15) is 71.1 Å². The third-order valence-corrected chi connectivity index (χ3v) is 10.7. The Hall–Kier alpha value is -2.66. The molecule has 4 rings (SSSR count). The number of ketones is 1. The van der Waals surface area contributed by atoms with Crippen LogP contribution in [0.25, 0.3) is 32.9 Å². The first-order valence-corrected chi connectivity index (χ1v) is 18.6. The summed E-state index contributed by atoms with van der Waals surface area (Å²) in [4.78, 5) is 21.5. The van der Waals surface area contributed by atoms with Crippen LogP contribution in [0.15, 0.2) is 54.6 Å². The minimum Gasteiger partial charge on any atom is -0.512 e. The second-order valence-electron chi connectivity index (χ2n) is 13.9. The number of benzene rings is 2. The number of nitrogens with zero attached hydrogens (tertiary/aromatic N) is 2. The molecule has 6 heteroatoms. The van der Waals surface area contributed by atoms with E-state index in [-0.39, 0.29) is 42.5 Å². The normalized spacial score (nSPS) is 12.5. The van der Waals surface area contributed by atoms with Crippen molar-refractivity contribution in [2.24, 2.45) is 10.8 Å². The molecule has 43 heavy (non-hydrogen) atoms. The largest absolute Gasteiger partial charge is 0.512 e. The molecule has 0 amide bonds. The fourth-order valence-electron chi connectivity index (χ4n) is 5.07. The van der Waals surface area contributed by atoms with Crippen molar-refractivity contribution in [2.75, 3.05) is 0 Å². The molecular weight excluding hydrogens is 725 g/mol. The van der Waals surface area contributed by atoms with Crippen molar-refractivity contribution in [2.45, 2.75) is 94.8 Å². The van der Waals surface area contributed by atoms with Crippen LogP contribution >= 0.6 is 0 Å². The number of fused-ring (bicyclic) bond motifs is 3. The first-order chi connectivity index (χ1) is 19.4. The quantitative estimate of drug-likeness (QED) is 0.0669. The first kappa shape index (κ1) is 36.5. The van der Waals surface area contributed by atoms with E-state index < -0.39 is 8.07 Å². The topological polar surface area (TPSA) is 63.1 Å². The zero-order valence-electron chi connectivity index (χ0n) is 28.1. The van der Waals surface area contributed by atoms with E-state index in [1.807, 2.05) is 53.9 Å². The van der Waals surface area contributed by atoms with Gasteiger partial charge in [-0.15, -0.1) is 34.9 Å². The smallest absolute Gasteiger partial charge is 0.164 e. The van der Waals surface area contributed by atoms with E-state index in [2.05, 4.69) is 76.8 Å². The fraction of sp³-hybridized carbons (Fsp3) is 0.432. The maximum absolute atomic E-state index is 11.8. The molecule has 0 aliphatic heterocycles. The summed E-state index contributed by atoms with van der Waals surface area (Å²) in [6, 6.07) is 14.4. The number of aliphatic hydroxyl groups excluding tert-OH is 1. The summed E-state index contributed by atoms with van der Waals surface area (Å²) in [7, 11) is -1.51. The average Bonchev–Trinajstić information content (AvgIpc) is 2.91. The van der Waals surface area contributed by atoms with Gasteiger partial charge in [-0.1, -0.05) is 87.2 Å². The Balaban J connectivity index is 0.000000348. The number of hydrogen-bond acceptors (Lipinski definition) is 4. The summed E-state index contributed by atoms with van der Waals surface area (Å²) in [6.45, 7) is 25.2. The molecule has 2 aromatic heterocycles. The van der Waals surface area contributed by atoms with E-state index in [4.69, 9.17) is 9.97 Å². The van der Waals surface area contributed by atoms with Crippen molar-refractivity contribution in [3.8, 4) is 11.3 Å². The SMILES string of the molecule is CCC(C)(C)C(=O)/C=C(\O)C(C)(C)CC.Cc1[c-]c(-c2nccc3c2cnc2c([Si](C)(C)C)c(C)ccc23)cc(C)c1.[Ir]. The summed E-state index contributed by atoms with van der Waals surface area (Å²) < 4.78 is 0. The van der Waals surface area contributed by atoms with E-state index in [1.165, 1.54) is 33.2 Å². The van der Waals surface area contributed by atoms with Gasteiger partial charge in [0.1, 0.15) is 5.76 Å². The number of rotatable bonds is 7. The van der Waals surface area contributed by atoms with Gasteiger partial charge in [0.05, 0.1) is 13.6 Å². The number of carbonyl (C=O) groups excluding carboxylic acids is 1. The van der Waals surface area contributed by atoms with Crippen LogP contribution in [-0.2, 0) is 24.9 Å². The van der Waals surface area contributed by atoms with Crippen LogP contribution in [0.3, 0.4) is 0 Å².